The number of nitrogens with zero attached hydrogens (tertiary/aromatic N) is 1. The fraction of sp³-hybridized carbons (Fsp3) is 0.222. The number of hydrogen-bond donors (Lipinski definition) is 2. The summed E-state index contributed by atoms with van der Waals surface area (Å²) in [6.07, 6.45) is 3.64. The average molecular weight is 193 g/mol. The number of nitrogens with one attached hydrogen (secondary N) is 2. The molecule has 0 saturated heterocycles. The first-order chi connectivity index (χ1) is 6.40. The van der Waals surface area contributed by atoms with E-state index in [1.807, 2.05) is 25.4 Å². The Balaban J connectivity index is 2.12. The van der Waals surface area contributed by atoms with Crippen LogP contribution in [0.3, 0.4) is 0 Å². The van der Waals surface area contributed by atoms with Crippen molar-refractivity contribution in [3.63, 3.8) is 0 Å². The lowest BCUT2D eigenvalue weighted by atomic mass is 10.2. The number of aromatic nitrogens is 1. The average Bonchev–Trinajstić information content (AvgIpc) is 2.67. The van der Waals surface area contributed by atoms with Crippen molar-refractivity contribution in [1.82, 2.24) is 15.6 Å². The van der Waals surface area contributed by atoms with E-state index < -0.39 is 0 Å². The fourth-order valence-electron chi connectivity index (χ4n) is 1.16. The maximum absolute atomic E-state index is 4.07. The van der Waals surface area contributed by atoms with Gasteiger partial charge in [0.1, 0.15) is 5.50 Å². The first-order valence-corrected chi connectivity index (χ1v) is 5.04. The third-order valence-electron chi connectivity index (χ3n) is 1.84. The predicted octanol–water partition coefficient (Wildman–Crippen LogP) is 1.22. The van der Waals surface area contributed by atoms with Crippen molar-refractivity contribution >= 4 is 17.5 Å². The molecule has 1 aliphatic heterocycles. The first kappa shape index (κ1) is 8.59. The fourth-order valence-corrected chi connectivity index (χ4v) is 1.97. The summed E-state index contributed by atoms with van der Waals surface area (Å²) < 4.78 is 0. The molecule has 13 heavy (non-hydrogen) atoms. The lowest BCUT2D eigenvalue weighted by molar-refractivity contribution is 0.702. The van der Waals surface area contributed by atoms with E-state index in [0.717, 1.165) is 11.3 Å². The molecule has 2 rings (SSSR count). The van der Waals surface area contributed by atoms with Crippen LogP contribution in [0.15, 0.2) is 29.9 Å². The van der Waals surface area contributed by atoms with Gasteiger partial charge in [-0.15, -0.1) is 0 Å². The summed E-state index contributed by atoms with van der Waals surface area (Å²) in [7, 11) is 1.94. The van der Waals surface area contributed by atoms with Crippen molar-refractivity contribution in [3.8, 4) is 0 Å². The van der Waals surface area contributed by atoms with Gasteiger partial charge in [-0.05, 0) is 24.6 Å². The van der Waals surface area contributed by atoms with Crippen LogP contribution >= 0.6 is 11.8 Å². The third kappa shape index (κ3) is 1.84. The number of pyridine rings is 1. The third-order valence-corrected chi connectivity index (χ3v) is 2.84. The molecule has 1 aliphatic rings. The van der Waals surface area contributed by atoms with Gasteiger partial charge < -0.3 is 5.32 Å². The summed E-state index contributed by atoms with van der Waals surface area (Å²) in [5.74, 6) is 0. The van der Waals surface area contributed by atoms with Gasteiger partial charge in [-0.25, -0.2) is 0 Å². The molecule has 4 heteroatoms. The van der Waals surface area contributed by atoms with Crippen LogP contribution in [0.1, 0.15) is 5.56 Å². The molecule has 1 unspecified atom stereocenters. The van der Waals surface area contributed by atoms with E-state index in [0.29, 0.717) is 0 Å². The van der Waals surface area contributed by atoms with Gasteiger partial charge in [0.2, 0.25) is 0 Å². The van der Waals surface area contributed by atoms with Gasteiger partial charge in [-0.2, -0.15) is 0 Å². The molecule has 0 bridgehead atoms. The Kier molecular flexibility index (Phi) is 2.52. The van der Waals surface area contributed by atoms with Gasteiger partial charge in [0.05, 0.1) is 5.70 Å². The van der Waals surface area contributed by atoms with Crippen molar-refractivity contribution in [3.05, 3.63) is 35.5 Å². The standard InChI is InChI=1S/C9H11N3S/c1-10-9-12-8(6-13-9)7-3-2-4-11-5-7/h2-6,9-10,12H,1H3. The van der Waals surface area contributed by atoms with Crippen LogP contribution in [0.25, 0.3) is 5.70 Å². The van der Waals surface area contributed by atoms with Crippen LogP contribution in [0.4, 0.5) is 0 Å². The minimum absolute atomic E-state index is 0.287. The maximum atomic E-state index is 4.07. The molecule has 0 aliphatic carbocycles. The Morgan fingerprint density at radius 2 is 2.54 bits per heavy atom. The molecule has 0 saturated carbocycles. The maximum Gasteiger partial charge on any atom is 0.129 e. The van der Waals surface area contributed by atoms with Crippen molar-refractivity contribution in [1.29, 1.82) is 0 Å². The van der Waals surface area contributed by atoms with E-state index in [4.69, 9.17) is 0 Å². The summed E-state index contributed by atoms with van der Waals surface area (Å²) in [6.45, 7) is 0. The van der Waals surface area contributed by atoms with Crippen molar-refractivity contribution < 1.29 is 0 Å². The van der Waals surface area contributed by atoms with Crippen LogP contribution in [0.2, 0.25) is 0 Å². The van der Waals surface area contributed by atoms with Crippen LogP contribution in [0, 0.1) is 0 Å². The quantitative estimate of drug-likeness (QED) is 0.740. The summed E-state index contributed by atoms with van der Waals surface area (Å²) >= 11 is 1.73. The van der Waals surface area contributed by atoms with Gasteiger partial charge in [-0.3, -0.25) is 10.3 Å². The highest BCUT2D eigenvalue weighted by atomic mass is 32.2. The van der Waals surface area contributed by atoms with Gasteiger partial charge in [0.15, 0.2) is 0 Å². The highest BCUT2D eigenvalue weighted by Gasteiger charge is 2.14. The zero-order valence-corrected chi connectivity index (χ0v) is 8.14. The monoisotopic (exact) mass is 193 g/mol. The Morgan fingerprint density at radius 1 is 1.62 bits per heavy atom. The first-order valence-electron chi connectivity index (χ1n) is 4.10. The minimum Gasteiger partial charge on any atom is -0.360 e. The van der Waals surface area contributed by atoms with Crippen LogP contribution in [-0.2, 0) is 0 Å². The molecular formula is C9H11N3S. The molecule has 68 valence electrons. The topological polar surface area (TPSA) is 37.0 Å². The van der Waals surface area contributed by atoms with E-state index in [2.05, 4.69) is 21.0 Å². The molecule has 2 heterocycles. The zero-order valence-electron chi connectivity index (χ0n) is 7.32. The zero-order chi connectivity index (χ0) is 9.10. The van der Waals surface area contributed by atoms with Crippen LogP contribution < -0.4 is 10.6 Å². The number of thioether (sulfide) groups is 1. The van der Waals surface area contributed by atoms with Crippen molar-refractivity contribution in [2.45, 2.75) is 5.50 Å². The van der Waals surface area contributed by atoms with Gasteiger partial charge in [0.25, 0.3) is 0 Å². The molecule has 0 aromatic carbocycles. The van der Waals surface area contributed by atoms with E-state index in [1.165, 1.54) is 0 Å². The van der Waals surface area contributed by atoms with E-state index >= 15 is 0 Å². The molecule has 0 spiro atoms. The molecule has 1 atom stereocenters. The van der Waals surface area contributed by atoms with Crippen LogP contribution in [-0.4, -0.2) is 17.5 Å². The molecule has 3 nitrogen and oxygen atoms in total. The van der Waals surface area contributed by atoms with Crippen LogP contribution in [0.5, 0.6) is 0 Å². The van der Waals surface area contributed by atoms with Gasteiger partial charge in [0, 0.05) is 18.0 Å². The highest BCUT2D eigenvalue weighted by Crippen LogP contribution is 2.24. The van der Waals surface area contributed by atoms with Crippen molar-refractivity contribution in [2.75, 3.05) is 7.05 Å². The van der Waals surface area contributed by atoms with E-state index in [-0.39, 0.29) is 5.50 Å². The van der Waals surface area contributed by atoms with E-state index in [9.17, 15) is 0 Å². The summed E-state index contributed by atoms with van der Waals surface area (Å²) in [5, 5.41) is 8.58. The van der Waals surface area contributed by atoms with Gasteiger partial charge in [-0.1, -0.05) is 11.8 Å². The van der Waals surface area contributed by atoms with E-state index in [1.54, 1.807) is 18.0 Å². The molecular weight excluding hydrogens is 182 g/mol. The second-order valence-corrected chi connectivity index (χ2v) is 3.70. The Bertz CT molecular complexity index is 310. The molecule has 1 aromatic rings. The molecule has 0 amide bonds. The molecule has 0 radical (unpaired) electrons. The summed E-state index contributed by atoms with van der Waals surface area (Å²) in [5.41, 5.74) is 2.56. The summed E-state index contributed by atoms with van der Waals surface area (Å²) in [6, 6.07) is 3.99. The summed E-state index contributed by atoms with van der Waals surface area (Å²) in [4.78, 5) is 4.07. The Hall–Kier alpha value is -1.00. The predicted molar refractivity (Wildman–Crippen MR) is 55.8 cm³/mol. The largest absolute Gasteiger partial charge is 0.360 e. The molecule has 2 N–H and O–H groups in total. The lowest BCUT2D eigenvalue weighted by Crippen LogP contribution is -2.32. The Morgan fingerprint density at radius 3 is 3.15 bits per heavy atom. The number of rotatable bonds is 2. The normalized spacial score (nSPS) is 21.0. The molecule has 0 fully saturated rings. The second-order valence-electron chi connectivity index (χ2n) is 2.72. The smallest absolute Gasteiger partial charge is 0.129 e. The molecule has 1 aromatic heterocycles. The lowest BCUT2D eigenvalue weighted by Gasteiger charge is -2.10. The second kappa shape index (κ2) is 3.81. The SMILES string of the molecule is CNC1NC(c2cccnc2)=CS1. The number of hydrogen-bond acceptors (Lipinski definition) is 4. The minimum atomic E-state index is 0.287. The van der Waals surface area contributed by atoms with Gasteiger partial charge >= 0.3 is 0 Å². The van der Waals surface area contributed by atoms with Crippen molar-refractivity contribution in [2.24, 2.45) is 0 Å². The Labute approximate surface area is 81.6 Å². The highest BCUT2D eigenvalue weighted by molar-refractivity contribution is 8.03.